The van der Waals surface area contributed by atoms with E-state index in [1.54, 1.807) is 6.92 Å². The second-order valence-electron chi connectivity index (χ2n) is 3.55. The molecule has 0 aliphatic rings. The zero-order valence-corrected chi connectivity index (χ0v) is 9.67. The van der Waals surface area contributed by atoms with E-state index >= 15 is 0 Å². The van der Waals surface area contributed by atoms with E-state index in [1.807, 2.05) is 4.98 Å². The van der Waals surface area contributed by atoms with E-state index in [0.29, 0.717) is 0 Å². The van der Waals surface area contributed by atoms with E-state index in [9.17, 15) is 24.6 Å². The Labute approximate surface area is 101 Å². The van der Waals surface area contributed by atoms with Crippen LogP contribution in [0.15, 0.2) is 15.8 Å². The van der Waals surface area contributed by atoms with Crippen molar-refractivity contribution in [2.45, 2.75) is 25.6 Å². The van der Waals surface area contributed by atoms with Crippen molar-refractivity contribution >= 4 is 5.97 Å². The summed E-state index contributed by atoms with van der Waals surface area (Å²) in [6, 6.07) is 0. The standard InChI is InChI=1S/C10H14N2O6/c1-2-18-7(14)3-6(13)8(15)5-4-11-10(17)12-9(5)16/h4,6,8,13,15H,2-3H2,1H3,(H2,11,12,16,17). The van der Waals surface area contributed by atoms with Crippen LogP contribution >= 0.6 is 0 Å². The van der Waals surface area contributed by atoms with Crippen LogP contribution in [0.4, 0.5) is 0 Å². The van der Waals surface area contributed by atoms with E-state index < -0.39 is 35.8 Å². The number of aliphatic hydroxyl groups excluding tert-OH is 2. The SMILES string of the molecule is CCOC(=O)CC(O)C(O)c1c[nH]c(=O)[nH]c1=O. The fraction of sp³-hybridized carbons (Fsp3) is 0.500. The first-order valence-corrected chi connectivity index (χ1v) is 5.29. The summed E-state index contributed by atoms with van der Waals surface area (Å²) in [5.74, 6) is -0.690. The highest BCUT2D eigenvalue weighted by Crippen LogP contribution is 2.14. The molecule has 0 aliphatic carbocycles. The van der Waals surface area contributed by atoms with Gasteiger partial charge in [-0.3, -0.25) is 14.6 Å². The Morgan fingerprint density at radius 1 is 1.44 bits per heavy atom. The normalized spacial score (nSPS) is 13.9. The minimum Gasteiger partial charge on any atom is -0.466 e. The molecular weight excluding hydrogens is 244 g/mol. The van der Waals surface area contributed by atoms with Gasteiger partial charge in [-0.25, -0.2) is 4.79 Å². The summed E-state index contributed by atoms with van der Waals surface area (Å²) in [6.07, 6.45) is -2.54. The summed E-state index contributed by atoms with van der Waals surface area (Å²) in [7, 11) is 0. The number of carbonyl (C=O) groups excluding carboxylic acids is 1. The molecule has 0 spiro atoms. The molecule has 0 saturated carbocycles. The van der Waals surface area contributed by atoms with Gasteiger partial charge in [0.1, 0.15) is 6.10 Å². The van der Waals surface area contributed by atoms with E-state index in [1.165, 1.54) is 0 Å². The minimum atomic E-state index is -1.59. The number of esters is 1. The van der Waals surface area contributed by atoms with Crippen molar-refractivity contribution in [2.75, 3.05) is 6.61 Å². The fourth-order valence-corrected chi connectivity index (χ4v) is 1.35. The van der Waals surface area contributed by atoms with Crippen LogP contribution < -0.4 is 11.2 Å². The van der Waals surface area contributed by atoms with Crippen LogP contribution in [-0.4, -0.2) is 38.9 Å². The van der Waals surface area contributed by atoms with Crippen molar-refractivity contribution in [3.63, 3.8) is 0 Å². The van der Waals surface area contributed by atoms with Crippen molar-refractivity contribution in [2.24, 2.45) is 0 Å². The number of carbonyl (C=O) groups is 1. The monoisotopic (exact) mass is 258 g/mol. The first-order chi connectivity index (χ1) is 8.45. The number of aromatic amines is 2. The second kappa shape index (κ2) is 6.12. The predicted molar refractivity (Wildman–Crippen MR) is 59.9 cm³/mol. The van der Waals surface area contributed by atoms with Gasteiger partial charge in [0.25, 0.3) is 5.56 Å². The van der Waals surface area contributed by atoms with Gasteiger partial charge in [0.05, 0.1) is 24.7 Å². The van der Waals surface area contributed by atoms with Crippen LogP contribution in [-0.2, 0) is 9.53 Å². The van der Waals surface area contributed by atoms with E-state index in [4.69, 9.17) is 0 Å². The number of nitrogens with one attached hydrogen (secondary N) is 2. The van der Waals surface area contributed by atoms with Crippen LogP contribution in [0.25, 0.3) is 0 Å². The maximum absolute atomic E-state index is 11.3. The second-order valence-corrected chi connectivity index (χ2v) is 3.55. The summed E-state index contributed by atoms with van der Waals surface area (Å²) in [6.45, 7) is 1.76. The maximum atomic E-state index is 11.3. The number of aliphatic hydroxyl groups is 2. The zero-order chi connectivity index (χ0) is 13.7. The molecule has 1 aromatic heterocycles. The van der Waals surface area contributed by atoms with Gasteiger partial charge in [0, 0.05) is 6.20 Å². The molecular formula is C10H14N2O6. The Bertz CT molecular complexity index is 520. The summed E-state index contributed by atoms with van der Waals surface area (Å²) in [4.78, 5) is 37.2. The fourth-order valence-electron chi connectivity index (χ4n) is 1.35. The molecule has 0 amide bonds. The third-order valence-electron chi connectivity index (χ3n) is 2.21. The highest BCUT2D eigenvalue weighted by Gasteiger charge is 2.24. The van der Waals surface area contributed by atoms with Gasteiger partial charge >= 0.3 is 11.7 Å². The lowest BCUT2D eigenvalue weighted by atomic mass is 10.1. The van der Waals surface area contributed by atoms with Gasteiger partial charge < -0.3 is 19.9 Å². The van der Waals surface area contributed by atoms with Crippen LogP contribution in [0.2, 0.25) is 0 Å². The van der Waals surface area contributed by atoms with Crippen molar-refractivity contribution in [3.8, 4) is 0 Å². The van der Waals surface area contributed by atoms with Crippen molar-refractivity contribution in [1.29, 1.82) is 0 Å². The first-order valence-electron chi connectivity index (χ1n) is 5.29. The Kier molecular flexibility index (Phi) is 4.81. The Morgan fingerprint density at radius 2 is 2.11 bits per heavy atom. The van der Waals surface area contributed by atoms with Crippen LogP contribution in [0.5, 0.6) is 0 Å². The highest BCUT2D eigenvalue weighted by atomic mass is 16.5. The molecule has 1 aromatic rings. The van der Waals surface area contributed by atoms with Crippen molar-refractivity contribution in [3.05, 3.63) is 32.6 Å². The molecule has 1 heterocycles. The van der Waals surface area contributed by atoms with E-state index in [2.05, 4.69) is 9.72 Å². The van der Waals surface area contributed by atoms with Crippen molar-refractivity contribution < 1.29 is 19.7 Å². The van der Waals surface area contributed by atoms with Crippen LogP contribution in [0.3, 0.4) is 0 Å². The van der Waals surface area contributed by atoms with E-state index in [0.717, 1.165) is 6.20 Å². The molecule has 18 heavy (non-hydrogen) atoms. The average Bonchev–Trinajstić information content (AvgIpc) is 2.28. The largest absolute Gasteiger partial charge is 0.466 e. The first kappa shape index (κ1) is 14.1. The number of H-pyrrole nitrogens is 2. The smallest absolute Gasteiger partial charge is 0.325 e. The maximum Gasteiger partial charge on any atom is 0.325 e. The Balaban J connectivity index is 2.80. The van der Waals surface area contributed by atoms with Gasteiger partial charge in [-0.2, -0.15) is 0 Å². The summed E-state index contributed by atoms with van der Waals surface area (Å²) >= 11 is 0. The molecule has 8 nitrogen and oxygen atoms in total. The molecule has 0 saturated heterocycles. The number of hydrogen-bond donors (Lipinski definition) is 4. The quantitative estimate of drug-likeness (QED) is 0.471. The molecule has 100 valence electrons. The van der Waals surface area contributed by atoms with Crippen molar-refractivity contribution in [1.82, 2.24) is 9.97 Å². The zero-order valence-electron chi connectivity index (χ0n) is 9.67. The third kappa shape index (κ3) is 3.54. The molecule has 0 aromatic carbocycles. The Morgan fingerprint density at radius 3 is 2.67 bits per heavy atom. The molecule has 0 radical (unpaired) electrons. The number of ether oxygens (including phenoxy) is 1. The summed E-state index contributed by atoms with van der Waals surface area (Å²) < 4.78 is 4.59. The topological polar surface area (TPSA) is 132 Å². The molecule has 4 N–H and O–H groups in total. The lowest BCUT2D eigenvalue weighted by Crippen LogP contribution is -2.31. The number of aromatic nitrogens is 2. The third-order valence-corrected chi connectivity index (χ3v) is 2.21. The van der Waals surface area contributed by atoms with Gasteiger partial charge in [0.15, 0.2) is 0 Å². The molecule has 0 bridgehead atoms. The van der Waals surface area contributed by atoms with Crippen LogP contribution in [0.1, 0.15) is 25.0 Å². The average molecular weight is 258 g/mol. The number of rotatable bonds is 5. The lowest BCUT2D eigenvalue weighted by Gasteiger charge is -2.16. The molecule has 1 rings (SSSR count). The van der Waals surface area contributed by atoms with Gasteiger partial charge in [0.2, 0.25) is 0 Å². The predicted octanol–water partition coefficient (Wildman–Crippen LogP) is -1.59. The highest BCUT2D eigenvalue weighted by molar-refractivity contribution is 5.70. The summed E-state index contributed by atoms with van der Waals surface area (Å²) in [5, 5.41) is 19.2. The van der Waals surface area contributed by atoms with Gasteiger partial charge in [-0.05, 0) is 6.92 Å². The van der Waals surface area contributed by atoms with Crippen LogP contribution in [0, 0.1) is 0 Å². The lowest BCUT2D eigenvalue weighted by molar-refractivity contribution is -0.147. The number of hydrogen-bond acceptors (Lipinski definition) is 6. The minimum absolute atomic E-state index is 0.154. The Hall–Kier alpha value is -1.93. The molecule has 8 heteroatoms. The molecule has 0 fully saturated rings. The molecule has 2 unspecified atom stereocenters. The van der Waals surface area contributed by atoms with Gasteiger partial charge in [-0.15, -0.1) is 0 Å². The molecule has 2 atom stereocenters. The molecule has 0 aliphatic heterocycles. The van der Waals surface area contributed by atoms with Gasteiger partial charge in [-0.1, -0.05) is 0 Å². The summed E-state index contributed by atoms with van der Waals surface area (Å²) in [5.41, 5.74) is -1.78. The van der Waals surface area contributed by atoms with E-state index in [-0.39, 0.29) is 12.2 Å².